The van der Waals surface area contributed by atoms with E-state index < -0.39 is 0 Å². The van der Waals surface area contributed by atoms with Crippen LogP contribution in [0.1, 0.15) is 42.0 Å². The summed E-state index contributed by atoms with van der Waals surface area (Å²) < 4.78 is 6.44. The molecule has 1 heterocycles. The molecular formula is C20H22OS. The maximum atomic E-state index is 6.44. The topological polar surface area (TPSA) is 9.23 Å². The van der Waals surface area contributed by atoms with Gasteiger partial charge in [0.15, 0.2) is 0 Å². The van der Waals surface area contributed by atoms with Gasteiger partial charge in [-0.2, -0.15) is 0 Å². The van der Waals surface area contributed by atoms with Crippen LogP contribution in [0.3, 0.4) is 0 Å². The molecule has 0 aliphatic heterocycles. The zero-order valence-corrected chi connectivity index (χ0v) is 14.0. The summed E-state index contributed by atoms with van der Waals surface area (Å²) in [5.41, 5.74) is 0. The van der Waals surface area contributed by atoms with Gasteiger partial charge in [-0.25, -0.2) is 0 Å². The van der Waals surface area contributed by atoms with Crippen molar-refractivity contribution in [2.75, 3.05) is 0 Å². The monoisotopic (exact) mass is 310 g/mol. The first-order valence-electron chi connectivity index (χ1n) is 7.98. The van der Waals surface area contributed by atoms with Gasteiger partial charge in [0, 0.05) is 15.1 Å². The molecule has 0 fully saturated rings. The van der Waals surface area contributed by atoms with E-state index in [-0.39, 0.29) is 6.10 Å². The van der Waals surface area contributed by atoms with Gasteiger partial charge in [-0.15, -0.1) is 11.3 Å². The molecule has 2 heteroatoms. The molecule has 1 atom stereocenters. The van der Waals surface area contributed by atoms with Crippen molar-refractivity contribution in [3.05, 3.63) is 64.4 Å². The van der Waals surface area contributed by atoms with Crippen molar-refractivity contribution in [3.8, 4) is 5.75 Å². The predicted octanol–water partition coefficient (Wildman–Crippen LogP) is 6.52. The molecule has 0 aliphatic carbocycles. The van der Waals surface area contributed by atoms with E-state index >= 15 is 0 Å². The molecule has 0 saturated carbocycles. The van der Waals surface area contributed by atoms with E-state index in [1.807, 2.05) is 11.3 Å². The van der Waals surface area contributed by atoms with Crippen molar-refractivity contribution in [3.63, 3.8) is 0 Å². The van der Waals surface area contributed by atoms with Crippen molar-refractivity contribution in [1.82, 2.24) is 0 Å². The molecule has 0 N–H and O–H groups in total. The molecule has 114 valence electrons. The van der Waals surface area contributed by atoms with Gasteiger partial charge in [-0.1, -0.05) is 49.7 Å². The lowest BCUT2D eigenvalue weighted by atomic mass is 10.1. The molecular weight excluding hydrogens is 288 g/mol. The minimum Gasteiger partial charge on any atom is -0.484 e. The second kappa shape index (κ2) is 6.97. The Labute approximate surface area is 136 Å². The number of unbranched alkanes of at least 4 members (excludes halogenated alkanes) is 1. The molecule has 0 aliphatic rings. The number of rotatable bonds is 6. The van der Waals surface area contributed by atoms with Crippen molar-refractivity contribution in [2.24, 2.45) is 0 Å². The quantitative estimate of drug-likeness (QED) is 0.503. The number of hydrogen-bond donors (Lipinski definition) is 0. The number of hydrogen-bond acceptors (Lipinski definition) is 2. The van der Waals surface area contributed by atoms with E-state index in [0.717, 1.165) is 12.2 Å². The highest BCUT2D eigenvalue weighted by Crippen LogP contribution is 2.34. The van der Waals surface area contributed by atoms with Crippen LogP contribution in [0.5, 0.6) is 5.75 Å². The van der Waals surface area contributed by atoms with Crippen LogP contribution < -0.4 is 4.74 Å². The minimum absolute atomic E-state index is 0.157. The first-order chi connectivity index (χ1) is 10.8. The van der Waals surface area contributed by atoms with Gasteiger partial charge < -0.3 is 4.74 Å². The standard InChI is InChI=1S/C20H22OS/c1-3-4-11-19(20-14-13-15(2)22-20)21-18-12-7-9-16-8-5-6-10-17(16)18/h5-10,12-14,19H,3-4,11H2,1-2H3/t19-/m0/s1. The maximum absolute atomic E-state index is 6.44. The van der Waals surface area contributed by atoms with Crippen LogP contribution in [0.25, 0.3) is 10.8 Å². The molecule has 0 unspecified atom stereocenters. The van der Waals surface area contributed by atoms with Crippen molar-refractivity contribution in [2.45, 2.75) is 39.2 Å². The van der Waals surface area contributed by atoms with Crippen LogP contribution in [0.4, 0.5) is 0 Å². The van der Waals surface area contributed by atoms with E-state index in [1.54, 1.807) is 0 Å². The van der Waals surface area contributed by atoms with Gasteiger partial charge in [0.05, 0.1) is 0 Å². The molecule has 3 rings (SSSR count). The summed E-state index contributed by atoms with van der Waals surface area (Å²) in [6, 6.07) is 19.1. The minimum atomic E-state index is 0.157. The van der Waals surface area contributed by atoms with Gasteiger partial charge in [0.1, 0.15) is 11.9 Å². The van der Waals surface area contributed by atoms with Gasteiger partial charge in [-0.05, 0) is 43.4 Å². The molecule has 2 aromatic carbocycles. The summed E-state index contributed by atoms with van der Waals surface area (Å²) in [5.74, 6) is 0.991. The highest BCUT2D eigenvalue weighted by Gasteiger charge is 2.16. The fourth-order valence-electron chi connectivity index (χ4n) is 2.73. The largest absolute Gasteiger partial charge is 0.484 e. The predicted molar refractivity (Wildman–Crippen MR) is 95.9 cm³/mol. The fraction of sp³-hybridized carbons (Fsp3) is 0.300. The summed E-state index contributed by atoms with van der Waals surface area (Å²) in [6.45, 7) is 4.39. The third-order valence-corrected chi connectivity index (χ3v) is 5.01. The zero-order chi connectivity index (χ0) is 15.4. The maximum Gasteiger partial charge on any atom is 0.133 e. The summed E-state index contributed by atoms with van der Waals surface area (Å²) in [4.78, 5) is 2.68. The van der Waals surface area contributed by atoms with Crippen LogP contribution in [-0.2, 0) is 0 Å². The smallest absolute Gasteiger partial charge is 0.133 e. The van der Waals surface area contributed by atoms with E-state index in [4.69, 9.17) is 4.74 Å². The number of thiophene rings is 1. The molecule has 3 aromatic rings. The Balaban J connectivity index is 1.91. The first-order valence-corrected chi connectivity index (χ1v) is 8.80. The zero-order valence-electron chi connectivity index (χ0n) is 13.2. The van der Waals surface area contributed by atoms with Crippen LogP contribution in [0, 0.1) is 6.92 Å². The Bertz CT molecular complexity index is 739. The summed E-state index contributed by atoms with van der Waals surface area (Å²) in [6.07, 6.45) is 3.61. The Hall–Kier alpha value is -1.80. The average Bonchev–Trinajstić information content (AvgIpc) is 2.98. The number of aryl methyl sites for hydroxylation is 1. The summed E-state index contributed by atoms with van der Waals surface area (Å²) >= 11 is 1.85. The molecule has 0 bridgehead atoms. The molecule has 0 radical (unpaired) electrons. The number of fused-ring (bicyclic) bond motifs is 1. The number of benzene rings is 2. The Kier molecular flexibility index (Phi) is 4.79. The molecule has 1 aromatic heterocycles. The van der Waals surface area contributed by atoms with E-state index in [0.29, 0.717) is 0 Å². The first kappa shape index (κ1) is 15.1. The van der Waals surface area contributed by atoms with Crippen molar-refractivity contribution < 1.29 is 4.74 Å². The molecule has 1 nitrogen and oxygen atoms in total. The lowest BCUT2D eigenvalue weighted by Crippen LogP contribution is -2.06. The van der Waals surface area contributed by atoms with Crippen LogP contribution in [-0.4, -0.2) is 0 Å². The van der Waals surface area contributed by atoms with Crippen LogP contribution in [0.15, 0.2) is 54.6 Å². The molecule has 22 heavy (non-hydrogen) atoms. The van der Waals surface area contributed by atoms with Crippen molar-refractivity contribution in [1.29, 1.82) is 0 Å². The Morgan fingerprint density at radius 2 is 1.82 bits per heavy atom. The highest BCUT2D eigenvalue weighted by atomic mass is 32.1. The number of ether oxygens (including phenoxy) is 1. The van der Waals surface area contributed by atoms with E-state index in [1.165, 1.54) is 33.4 Å². The lowest BCUT2D eigenvalue weighted by molar-refractivity contribution is 0.198. The van der Waals surface area contributed by atoms with E-state index in [2.05, 4.69) is 68.4 Å². The second-order valence-electron chi connectivity index (χ2n) is 5.67. The summed E-state index contributed by atoms with van der Waals surface area (Å²) in [5, 5.41) is 2.43. The van der Waals surface area contributed by atoms with Crippen LogP contribution >= 0.6 is 11.3 Å². The SMILES string of the molecule is CCCC[C@H](Oc1cccc2ccccc12)c1ccc(C)s1. The van der Waals surface area contributed by atoms with Crippen LogP contribution in [0.2, 0.25) is 0 Å². The van der Waals surface area contributed by atoms with Crippen molar-refractivity contribution >= 4 is 22.1 Å². The third-order valence-electron chi connectivity index (χ3n) is 3.92. The van der Waals surface area contributed by atoms with E-state index in [9.17, 15) is 0 Å². The third kappa shape index (κ3) is 3.33. The fourth-order valence-corrected chi connectivity index (χ4v) is 3.67. The average molecular weight is 310 g/mol. The van der Waals surface area contributed by atoms with Gasteiger partial charge in [0.25, 0.3) is 0 Å². The lowest BCUT2D eigenvalue weighted by Gasteiger charge is -2.19. The highest BCUT2D eigenvalue weighted by molar-refractivity contribution is 7.12. The van der Waals surface area contributed by atoms with Gasteiger partial charge in [0.2, 0.25) is 0 Å². The molecule has 0 spiro atoms. The Morgan fingerprint density at radius 3 is 2.59 bits per heavy atom. The molecule has 0 saturated heterocycles. The second-order valence-corrected chi connectivity index (χ2v) is 6.99. The van der Waals surface area contributed by atoms with Gasteiger partial charge in [-0.3, -0.25) is 0 Å². The normalized spacial score (nSPS) is 12.5. The Morgan fingerprint density at radius 1 is 1.00 bits per heavy atom. The van der Waals surface area contributed by atoms with Gasteiger partial charge >= 0.3 is 0 Å². The molecule has 0 amide bonds. The summed E-state index contributed by atoms with van der Waals surface area (Å²) in [7, 11) is 0.